The smallest absolute Gasteiger partial charge is 0.173 e. The Labute approximate surface area is 185 Å². The molecule has 1 N–H and O–H groups in total. The van der Waals surface area contributed by atoms with E-state index in [2.05, 4.69) is 54.2 Å². The number of aromatic nitrogens is 1. The van der Waals surface area contributed by atoms with Crippen LogP contribution in [0.15, 0.2) is 35.7 Å². The first-order valence-corrected chi connectivity index (χ1v) is 11.4. The maximum absolute atomic E-state index is 6.41. The second-order valence-corrected chi connectivity index (χ2v) is 9.02. The first-order valence-electron chi connectivity index (χ1n) is 10.6. The van der Waals surface area contributed by atoms with E-state index in [0.29, 0.717) is 12.6 Å². The van der Waals surface area contributed by atoms with Gasteiger partial charge in [-0.25, -0.2) is 0 Å². The van der Waals surface area contributed by atoms with E-state index in [0.717, 1.165) is 49.5 Å². The molecule has 158 valence electrons. The quantitative estimate of drug-likeness (QED) is 0.369. The van der Waals surface area contributed by atoms with E-state index in [1.54, 1.807) is 0 Å². The molecule has 0 aromatic carbocycles. The van der Waals surface area contributed by atoms with Crippen LogP contribution in [0.2, 0.25) is 0 Å². The lowest BCUT2D eigenvalue weighted by Gasteiger charge is -2.32. The van der Waals surface area contributed by atoms with E-state index in [-0.39, 0.29) is 11.5 Å². The lowest BCUT2D eigenvalue weighted by Crippen LogP contribution is -2.45. The summed E-state index contributed by atoms with van der Waals surface area (Å²) in [7, 11) is 0. The van der Waals surface area contributed by atoms with Gasteiger partial charge in [0.1, 0.15) is 0 Å². The number of ether oxygens (including phenoxy) is 1. The van der Waals surface area contributed by atoms with E-state index in [9.17, 15) is 0 Å². The number of nitrogens with one attached hydrogen (secondary N) is 1. The van der Waals surface area contributed by atoms with Crippen LogP contribution in [0.3, 0.4) is 0 Å². The summed E-state index contributed by atoms with van der Waals surface area (Å²) in [6, 6.07) is 4.40. The molecule has 29 heavy (non-hydrogen) atoms. The lowest BCUT2D eigenvalue weighted by atomic mass is 9.97. The lowest BCUT2D eigenvalue weighted by molar-refractivity contribution is 0.0783. The molecule has 2 unspecified atom stereocenters. The molecule has 3 rings (SSSR count). The van der Waals surface area contributed by atoms with Crippen LogP contribution in [0.5, 0.6) is 0 Å². The molecule has 0 spiro atoms. The predicted octanol–water partition coefficient (Wildman–Crippen LogP) is 5.08. The Kier molecular flexibility index (Phi) is 8.10. The highest BCUT2D eigenvalue weighted by molar-refractivity contribution is 7.80. The average molecular weight is 434 g/mol. The summed E-state index contributed by atoms with van der Waals surface area (Å²) < 4.78 is 6.09. The largest absolute Gasteiger partial charge is 0.374 e. The normalized spacial score (nSPS) is 21.3. The van der Waals surface area contributed by atoms with Gasteiger partial charge in [-0.15, -0.1) is 11.6 Å². The van der Waals surface area contributed by atoms with Crippen molar-refractivity contribution in [1.82, 2.24) is 15.2 Å². The molecular formula is C23H32ClN3OS. The fraction of sp³-hybridized carbons (Fsp3) is 0.565. The van der Waals surface area contributed by atoms with Crippen LogP contribution >= 0.6 is 23.8 Å². The van der Waals surface area contributed by atoms with Crippen molar-refractivity contribution in [2.24, 2.45) is 0 Å². The van der Waals surface area contributed by atoms with Crippen molar-refractivity contribution >= 4 is 35.0 Å². The molecule has 2 aliphatic carbocycles. The number of alkyl halides is 1. The summed E-state index contributed by atoms with van der Waals surface area (Å²) in [5, 5.41) is 4.39. The summed E-state index contributed by atoms with van der Waals surface area (Å²) in [4.78, 5) is 6.70. The summed E-state index contributed by atoms with van der Waals surface area (Å²) in [6.07, 6.45) is 11.1. The van der Waals surface area contributed by atoms with Crippen LogP contribution in [0.4, 0.5) is 0 Å². The van der Waals surface area contributed by atoms with E-state index in [1.165, 1.54) is 16.8 Å². The Morgan fingerprint density at radius 3 is 3.07 bits per heavy atom. The molecule has 2 atom stereocenters. The minimum absolute atomic E-state index is 0.102. The molecular weight excluding hydrogens is 402 g/mol. The molecule has 0 saturated heterocycles. The van der Waals surface area contributed by atoms with Gasteiger partial charge >= 0.3 is 0 Å². The zero-order chi connectivity index (χ0) is 20.8. The number of hydrogen-bond acceptors (Lipinski definition) is 3. The highest BCUT2D eigenvalue weighted by atomic mass is 35.5. The summed E-state index contributed by atoms with van der Waals surface area (Å²) in [6.45, 7) is 8.03. The monoisotopic (exact) mass is 433 g/mol. The summed E-state index contributed by atoms with van der Waals surface area (Å²) in [5.41, 5.74) is 4.73. The number of hydrogen-bond donors (Lipinski definition) is 1. The van der Waals surface area contributed by atoms with Crippen LogP contribution in [-0.4, -0.2) is 45.7 Å². The van der Waals surface area contributed by atoms with E-state index in [1.807, 2.05) is 12.3 Å². The van der Waals surface area contributed by atoms with E-state index < -0.39 is 0 Å². The molecule has 0 aliphatic heterocycles. The Morgan fingerprint density at radius 1 is 1.45 bits per heavy atom. The number of pyridine rings is 1. The van der Waals surface area contributed by atoms with Gasteiger partial charge < -0.3 is 15.0 Å². The van der Waals surface area contributed by atoms with Crippen molar-refractivity contribution in [1.29, 1.82) is 0 Å². The first-order chi connectivity index (χ1) is 14.0. The maximum Gasteiger partial charge on any atom is 0.173 e. The Balaban J connectivity index is 1.46. The molecule has 0 radical (unpaired) electrons. The standard InChI is InChI=1S/C23H32ClN3OS/c1-16(2)27(23(29)26-21-9-4-8-20(24)17(21)3)13-6-14-28-19-11-10-18-7-5-12-25-22(18)15-19/h5,7,10-12,16,19-20H,4,6,8-9,13-15H2,1-3H3,(H,26,29). The number of nitrogens with zero attached hydrogens (tertiary/aromatic N) is 2. The molecule has 1 heterocycles. The third-order valence-corrected chi connectivity index (χ3v) is 6.54. The summed E-state index contributed by atoms with van der Waals surface area (Å²) in [5.74, 6) is 0. The van der Waals surface area contributed by atoms with Crippen molar-refractivity contribution in [2.45, 2.75) is 70.4 Å². The molecule has 6 heteroatoms. The van der Waals surface area contributed by atoms with Gasteiger partial charge in [-0.05, 0) is 75.9 Å². The van der Waals surface area contributed by atoms with Gasteiger partial charge in [0.25, 0.3) is 0 Å². The number of halogens is 1. The second kappa shape index (κ2) is 10.6. The number of rotatable bonds is 7. The molecule has 1 aromatic rings. The average Bonchev–Trinajstić information content (AvgIpc) is 2.71. The summed E-state index contributed by atoms with van der Waals surface area (Å²) >= 11 is 12.1. The van der Waals surface area contributed by atoms with E-state index in [4.69, 9.17) is 28.6 Å². The van der Waals surface area contributed by atoms with E-state index >= 15 is 0 Å². The van der Waals surface area contributed by atoms with Crippen molar-refractivity contribution in [3.05, 3.63) is 46.9 Å². The second-order valence-electron chi connectivity index (χ2n) is 8.10. The van der Waals surface area contributed by atoms with Gasteiger partial charge in [0.05, 0.1) is 17.2 Å². The number of fused-ring (bicyclic) bond motifs is 1. The molecule has 0 saturated carbocycles. The van der Waals surface area contributed by atoms with Gasteiger partial charge in [-0.2, -0.15) is 0 Å². The molecule has 4 nitrogen and oxygen atoms in total. The Bertz CT molecular complexity index is 777. The van der Waals surface area contributed by atoms with Crippen LogP contribution < -0.4 is 5.32 Å². The van der Waals surface area contributed by atoms with Gasteiger partial charge in [0.2, 0.25) is 0 Å². The Hall–Kier alpha value is -1.43. The molecule has 1 aromatic heterocycles. The SMILES string of the molecule is CC1=C(NC(=S)N(CCCOC2C=Cc3cccnc3C2)C(C)C)CCCC1Cl. The topological polar surface area (TPSA) is 37.4 Å². The molecule has 0 bridgehead atoms. The number of thiocarbonyl (C=S) groups is 1. The van der Waals surface area contributed by atoms with Crippen LogP contribution in [0, 0.1) is 0 Å². The van der Waals surface area contributed by atoms with Gasteiger partial charge in [0.15, 0.2) is 5.11 Å². The number of allylic oxidation sites excluding steroid dienone is 2. The molecule has 0 amide bonds. The Morgan fingerprint density at radius 2 is 2.28 bits per heavy atom. The highest BCUT2D eigenvalue weighted by Crippen LogP contribution is 2.27. The fourth-order valence-corrected chi connectivity index (χ4v) is 4.55. The zero-order valence-electron chi connectivity index (χ0n) is 17.7. The minimum atomic E-state index is 0.102. The third-order valence-electron chi connectivity index (χ3n) is 5.66. The van der Waals surface area contributed by atoms with Crippen LogP contribution in [0.25, 0.3) is 6.08 Å². The predicted molar refractivity (Wildman–Crippen MR) is 125 cm³/mol. The highest BCUT2D eigenvalue weighted by Gasteiger charge is 2.21. The minimum Gasteiger partial charge on any atom is -0.374 e. The first kappa shape index (κ1) is 22.3. The van der Waals surface area contributed by atoms with Gasteiger partial charge in [0, 0.05) is 37.5 Å². The molecule has 2 aliphatic rings. The van der Waals surface area contributed by atoms with Gasteiger partial charge in [-0.3, -0.25) is 4.98 Å². The van der Waals surface area contributed by atoms with Crippen molar-refractivity contribution in [3.63, 3.8) is 0 Å². The van der Waals surface area contributed by atoms with Crippen LogP contribution in [0.1, 0.15) is 57.7 Å². The van der Waals surface area contributed by atoms with Crippen molar-refractivity contribution < 1.29 is 4.74 Å². The van der Waals surface area contributed by atoms with Crippen LogP contribution in [-0.2, 0) is 11.2 Å². The zero-order valence-corrected chi connectivity index (χ0v) is 19.2. The van der Waals surface area contributed by atoms with Gasteiger partial charge in [-0.1, -0.05) is 18.2 Å². The van der Waals surface area contributed by atoms with Crippen molar-refractivity contribution in [2.75, 3.05) is 13.2 Å². The third kappa shape index (κ3) is 6.03. The fourth-order valence-electron chi connectivity index (χ4n) is 3.84. The van der Waals surface area contributed by atoms with Crippen molar-refractivity contribution in [3.8, 4) is 0 Å². The molecule has 0 fully saturated rings. The maximum atomic E-state index is 6.41.